The van der Waals surface area contributed by atoms with Gasteiger partial charge in [0.2, 0.25) is 5.95 Å². The summed E-state index contributed by atoms with van der Waals surface area (Å²) >= 11 is 0. The van der Waals surface area contributed by atoms with E-state index in [0.29, 0.717) is 6.04 Å². The summed E-state index contributed by atoms with van der Waals surface area (Å²) in [6.45, 7) is 5.01. The van der Waals surface area contributed by atoms with Crippen LogP contribution in [0.4, 0.5) is 5.95 Å². The number of rotatable bonds is 4. The number of nitrogens with zero attached hydrogens (tertiary/aromatic N) is 3. The molecule has 1 aromatic carbocycles. The highest BCUT2D eigenvalue weighted by Gasteiger charge is 2.06. The molecular formula is C16H18N4. The molecule has 102 valence electrons. The lowest BCUT2D eigenvalue weighted by Crippen LogP contribution is -2.09. The van der Waals surface area contributed by atoms with Crippen LogP contribution in [-0.2, 0) is 6.54 Å². The van der Waals surface area contributed by atoms with Crippen molar-refractivity contribution in [1.82, 2.24) is 14.5 Å². The van der Waals surface area contributed by atoms with E-state index in [1.807, 2.05) is 24.7 Å². The van der Waals surface area contributed by atoms with Gasteiger partial charge in [0.15, 0.2) is 0 Å². The number of nitrogens with one attached hydrogen (secondary N) is 1. The molecule has 0 radical (unpaired) electrons. The average Bonchev–Trinajstić information content (AvgIpc) is 2.93. The summed E-state index contributed by atoms with van der Waals surface area (Å²) in [6, 6.07) is 10.7. The zero-order valence-electron chi connectivity index (χ0n) is 11.7. The van der Waals surface area contributed by atoms with Crippen LogP contribution in [0.2, 0.25) is 0 Å². The predicted octanol–water partition coefficient (Wildman–Crippen LogP) is 3.62. The topological polar surface area (TPSA) is 42.7 Å². The van der Waals surface area contributed by atoms with Gasteiger partial charge in [0.25, 0.3) is 0 Å². The standard InChI is InChI=1S/C16H18N4/c1-12(2)20-10-9-18-16(20)19-11-14-6-3-5-13-7-4-8-17-15(13)14/h3-10,12H,11H2,1-2H3,(H,18,19). The smallest absolute Gasteiger partial charge is 0.203 e. The van der Waals surface area contributed by atoms with Gasteiger partial charge in [0, 0.05) is 36.6 Å². The van der Waals surface area contributed by atoms with E-state index in [4.69, 9.17) is 0 Å². The first-order valence-electron chi connectivity index (χ1n) is 6.85. The number of imidazole rings is 1. The molecule has 4 nitrogen and oxygen atoms in total. The molecular weight excluding hydrogens is 248 g/mol. The molecule has 3 rings (SSSR count). The Labute approximate surface area is 118 Å². The Morgan fingerprint density at radius 3 is 2.80 bits per heavy atom. The van der Waals surface area contributed by atoms with Gasteiger partial charge in [0.05, 0.1) is 5.52 Å². The molecule has 0 spiro atoms. The van der Waals surface area contributed by atoms with Gasteiger partial charge in [-0.05, 0) is 25.5 Å². The highest BCUT2D eigenvalue weighted by molar-refractivity contribution is 5.81. The summed E-state index contributed by atoms with van der Waals surface area (Å²) in [6.07, 6.45) is 5.65. The second-order valence-corrected chi connectivity index (χ2v) is 5.10. The number of hydrogen-bond donors (Lipinski definition) is 1. The van der Waals surface area contributed by atoms with Gasteiger partial charge in [0.1, 0.15) is 0 Å². The van der Waals surface area contributed by atoms with Gasteiger partial charge in [-0.2, -0.15) is 0 Å². The maximum atomic E-state index is 4.47. The van der Waals surface area contributed by atoms with Crippen LogP contribution >= 0.6 is 0 Å². The van der Waals surface area contributed by atoms with Crippen LogP contribution in [0.15, 0.2) is 48.9 Å². The van der Waals surface area contributed by atoms with E-state index in [0.717, 1.165) is 18.0 Å². The normalized spacial score (nSPS) is 11.2. The summed E-state index contributed by atoms with van der Waals surface area (Å²) in [4.78, 5) is 8.84. The van der Waals surface area contributed by atoms with Gasteiger partial charge in [-0.3, -0.25) is 4.98 Å². The van der Waals surface area contributed by atoms with Crippen LogP contribution in [-0.4, -0.2) is 14.5 Å². The third kappa shape index (κ3) is 2.37. The fourth-order valence-electron chi connectivity index (χ4n) is 2.35. The molecule has 0 aliphatic carbocycles. The zero-order chi connectivity index (χ0) is 13.9. The fraction of sp³-hybridized carbons (Fsp3) is 0.250. The monoisotopic (exact) mass is 266 g/mol. The predicted molar refractivity (Wildman–Crippen MR) is 81.7 cm³/mol. The van der Waals surface area contributed by atoms with E-state index in [2.05, 4.69) is 58.0 Å². The molecule has 0 amide bonds. The Hall–Kier alpha value is -2.36. The van der Waals surface area contributed by atoms with Crippen LogP contribution < -0.4 is 5.32 Å². The Kier molecular flexibility index (Phi) is 3.37. The van der Waals surface area contributed by atoms with Crippen molar-refractivity contribution in [1.29, 1.82) is 0 Å². The van der Waals surface area contributed by atoms with E-state index >= 15 is 0 Å². The minimum absolute atomic E-state index is 0.394. The third-order valence-electron chi connectivity index (χ3n) is 3.38. The van der Waals surface area contributed by atoms with E-state index in [9.17, 15) is 0 Å². The number of hydrogen-bond acceptors (Lipinski definition) is 3. The van der Waals surface area contributed by atoms with Gasteiger partial charge in [-0.1, -0.05) is 24.3 Å². The Morgan fingerprint density at radius 1 is 1.10 bits per heavy atom. The summed E-state index contributed by atoms with van der Waals surface area (Å²) in [5, 5.41) is 4.56. The first-order valence-corrected chi connectivity index (χ1v) is 6.85. The maximum Gasteiger partial charge on any atom is 0.203 e. The Bertz CT molecular complexity index is 710. The summed E-state index contributed by atoms with van der Waals surface area (Å²) < 4.78 is 2.12. The van der Waals surface area contributed by atoms with Gasteiger partial charge in [-0.25, -0.2) is 4.98 Å². The number of benzene rings is 1. The molecule has 4 heteroatoms. The maximum absolute atomic E-state index is 4.47. The number of fused-ring (bicyclic) bond motifs is 1. The molecule has 0 saturated heterocycles. The minimum atomic E-state index is 0.394. The average molecular weight is 266 g/mol. The number of para-hydroxylation sites is 1. The molecule has 0 unspecified atom stereocenters. The number of pyridine rings is 1. The van der Waals surface area contributed by atoms with Gasteiger partial charge in [-0.15, -0.1) is 0 Å². The van der Waals surface area contributed by atoms with Crippen molar-refractivity contribution in [2.24, 2.45) is 0 Å². The van der Waals surface area contributed by atoms with Crippen molar-refractivity contribution in [3.8, 4) is 0 Å². The second-order valence-electron chi connectivity index (χ2n) is 5.10. The summed E-state index contributed by atoms with van der Waals surface area (Å²) in [5.74, 6) is 0.896. The highest BCUT2D eigenvalue weighted by Crippen LogP contribution is 2.18. The second kappa shape index (κ2) is 5.33. The van der Waals surface area contributed by atoms with Gasteiger partial charge < -0.3 is 9.88 Å². The van der Waals surface area contributed by atoms with Crippen molar-refractivity contribution in [2.75, 3.05) is 5.32 Å². The van der Waals surface area contributed by atoms with Crippen molar-refractivity contribution in [3.63, 3.8) is 0 Å². The van der Waals surface area contributed by atoms with Crippen LogP contribution in [0.3, 0.4) is 0 Å². The molecule has 1 N–H and O–H groups in total. The third-order valence-corrected chi connectivity index (χ3v) is 3.38. The highest BCUT2D eigenvalue weighted by atomic mass is 15.2. The van der Waals surface area contributed by atoms with E-state index in [-0.39, 0.29) is 0 Å². The number of anilines is 1. The van der Waals surface area contributed by atoms with Crippen LogP contribution in [0.25, 0.3) is 10.9 Å². The molecule has 3 aromatic rings. The lowest BCUT2D eigenvalue weighted by molar-refractivity contribution is 0.604. The molecule has 0 aliphatic rings. The summed E-state index contributed by atoms with van der Waals surface area (Å²) in [5.41, 5.74) is 2.23. The van der Waals surface area contributed by atoms with E-state index < -0.39 is 0 Å². The Morgan fingerprint density at radius 2 is 1.95 bits per heavy atom. The molecule has 0 fully saturated rings. The molecule has 2 heterocycles. The van der Waals surface area contributed by atoms with E-state index in [1.165, 1.54) is 10.9 Å². The largest absolute Gasteiger partial charge is 0.351 e. The first-order chi connectivity index (χ1) is 9.75. The molecule has 0 saturated carbocycles. The molecule has 2 aromatic heterocycles. The number of aromatic nitrogens is 3. The SMILES string of the molecule is CC(C)n1ccnc1NCc1cccc2cccnc12. The minimum Gasteiger partial charge on any atom is -0.351 e. The Balaban J connectivity index is 1.85. The zero-order valence-corrected chi connectivity index (χ0v) is 11.7. The summed E-state index contributed by atoms with van der Waals surface area (Å²) in [7, 11) is 0. The lowest BCUT2D eigenvalue weighted by Gasteiger charge is -2.13. The van der Waals surface area contributed by atoms with Gasteiger partial charge >= 0.3 is 0 Å². The molecule has 20 heavy (non-hydrogen) atoms. The molecule has 0 aliphatic heterocycles. The van der Waals surface area contributed by atoms with Crippen LogP contribution in [0.1, 0.15) is 25.5 Å². The van der Waals surface area contributed by atoms with Crippen LogP contribution in [0, 0.1) is 0 Å². The van der Waals surface area contributed by atoms with Crippen molar-refractivity contribution >= 4 is 16.9 Å². The quantitative estimate of drug-likeness (QED) is 0.784. The molecule has 0 atom stereocenters. The van der Waals surface area contributed by atoms with Crippen molar-refractivity contribution in [3.05, 3.63) is 54.5 Å². The van der Waals surface area contributed by atoms with E-state index in [1.54, 1.807) is 0 Å². The fourth-order valence-corrected chi connectivity index (χ4v) is 2.35. The molecule has 0 bridgehead atoms. The lowest BCUT2D eigenvalue weighted by atomic mass is 10.1. The van der Waals surface area contributed by atoms with Crippen LogP contribution in [0.5, 0.6) is 0 Å². The van der Waals surface area contributed by atoms with Crippen molar-refractivity contribution < 1.29 is 0 Å². The first kappa shape index (κ1) is 12.7. The van der Waals surface area contributed by atoms with Crippen molar-refractivity contribution in [2.45, 2.75) is 26.4 Å².